The molecule has 0 saturated carbocycles. The topological polar surface area (TPSA) is 57.6 Å². The second-order valence-corrected chi connectivity index (χ2v) is 5.48. The molecule has 1 amide bonds. The third kappa shape index (κ3) is 2.76. The SMILES string of the molecule is CC(C)N(CC(=O)O)C(=O)c1csc2ccccc12. The van der Waals surface area contributed by atoms with Crippen LogP contribution < -0.4 is 0 Å². The molecule has 0 aliphatic heterocycles. The van der Waals surface area contributed by atoms with Crippen molar-refractivity contribution in [1.29, 1.82) is 0 Å². The quantitative estimate of drug-likeness (QED) is 0.935. The van der Waals surface area contributed by atoms with Crippen LogP contribution in [0.1, 0.15) is 24.2 Å². The van der Waals surface area contributed by atoms with Crippen LogP contribution in [0.3, 0.4) is 0 Å². The number of aliphatic carboxylic acids is 1. The number of carboxylic acid groups (broad SMARTS) is 1. The molecule has 2 rings (SSSR count). The van der Waals surface area contributed by atoms with E-state index in [0.717, 1.165) is 10.1 Å². The highest BCUT2D eigenvalue weighted by Crippen LogP contribution is 2.27. The van der Waals surface area contributed by atoms with E-state index in [1.54, 1.807) is 5.38 Å². The first kappa shape index (κ1) is 13.5. The zero-order valence-electron chi connectivity index (χ0n) is 10.8. The molecule has 1 aromatic carbocycles. The molecule has 5 heteroatoms. The maximum atomic E-state index is 12.5. The van der Waals surface area contributed by atoms with E-state index in [9.17, 15) is 9.59 Å². The summed E-state index contributed by atoms with van der Waals surface area (Å²) in [5.74, 6) is -1.23. The molecular formula is C14H15NO3S. The lowest BCUT2D eigenvalue weighted by Gasteiger charge is -2.24. The number of carbonyl (C=O) groups is 2. The Kier molecular flexibility index (Phi) is 3.85. The Bertz CT molecular complexity index is 618. The molecular weight excluding hydrogens is 262 g/mol. The van der Waals surface area contributed by atoms with E-state index in [1.165, 1.54) is 16.2 Å². The zero-order chi connectivity index (χ0) is 14.0. The Morgan fingerprint density at radius 2 is 2.00 bits per heavy atom. The van der Waals surface area contributed by atoms with E-state index in [1.807, 2.05) is 38.1 Å². The third-order valence-electron chi connectivity index (χ3n) is 2.90. The van der Waals surface area contributed by atoms with Gasteiger partial charge in [0, 0.05) is 21.5 Å². The van der Waals surface area contributed by atoms with Gasteiger partial charge in [-0.05, 0) is 19.9 Å². The summed E-state index contributed by atoms with van der Waals surface area (Å²) in [7, 11) is 0. The molecule has 0 aliphatic rings. The maximum absolute atomic E-state index is 12.5. The van der Waals surface area contributed by atoms with Gasteiger partial charge in [0.15, 0.2) is 0 Å². The molecule has 1 aromatic heterocycles. The van der Waals surface area contributed by atoms with Gasteiger partial charge in [-0.1, -0.05) is 18.2 Å². The van der Waals surface area contributed by atoms with Crippen LogP contribution in [-0.2, 0) is 4.79 Å². The molecule has 0 unspecified atom stereocenters. The summed E-state index contributed by atoms with van der Waals surface area (Å²) >= 11 is 1.50. The molecule has 0 aliphatic carbocycles. The first-order valence-electron chi connectivity index (χ1n) is 5.99. The van der Waals surface area contributed by atoms with Crippen molar-refractivity contribution in [3.63, 3.8) is 0 Å². The van der Waals surface area contributed by atoms with Crippen molar-refractivity contribution in [3.05, 3.63) is 35.2 Å². The molecule has 0 atom stereocenters. The van der Waals surface area contributed by atoms with Crippen LogP contribution in [0.15, 0.2) is 29.6 Å². The monoisotopic (exact) mass is 277 g/mol. The lowest BCUT2D eigenvalue weighted by Crippen LogP contribution is -2.40. The van der Waals surface area contributed by atoms with Gasteiger partial charge in [-0.15, -0.1) is 11.3 Å². The maximum Gasteiger partial charge on any atom is 0.323 e. The molecule has 0 saturated heterocycles. The van der Waals surface area contributed by atoms with Gasteiger partial charge < -0.3 is 10.0 Å². The van der Waals surface area contributed by atoms with Crippen LogP contribution in [0, 0.1) is 0 Å². The standard InChI is InChI=1S/C14H15NO3S/c1-9(2)15(7-13(16)17)14(18)11-8-19-12-6-4-3-5-10(11)12/h3-6,8-9H,7H2,1-2H3,(H,16,17). The van der Waals surface area contributed by atoms with Crippen molar-refractivity contribution in [2.24, 2.45) is 0 Å². The van der Waals surface area contributed by atoms with Crippen LogP contribution in [-0.4, -0.2) is 34.5 Å². The number of hydrogen-bond donors (Lipinski definition) is 1. The number of benzene rings is 1. The van der Waals surface area contributed by atoms with Crippen molar-refractivity contribution in [1.82, 2.24) is 4.90 Å². The lowest BCUT2D eigenvalue weighted by molar-refractivity contribution is -0.138. The minimum absolute atomic E-state index is 0.151. The Hall–Kier alpha value is -1.88. The summed E-state index contributed by atoms with van der Waals surface area (Å²) in [5, 5.41) is 11.6. The van der Waals surface area contributed by atoms with Crippen molar-refractivity contribution >= 4 is 33.3 Å². The summed E-state index contributed by atoms with van der Waals surface area (Å²) in [6, 6.07) is 7.49. The molecule has 1 N–H and O–H groups in total. The van der Waals surface area contributed by atoms with Crippen LogP contribution in [0.25, 0.3) is 10.1 Å². The Morgan fingerprint density at radius 3 is 2.63 bits per heavy atom. The van der Waals surface area contributed by atoms with Crippen LogP contribution in [0.4, 0.5) is 0 Å². The summed E-state index contributed by atoms with van der Waals surface area (Å²) in [4.78, 5) is 24.7. The first-order chi connectivity index (χ1) is 9.00. The summed E-state index contributed by atoms with van der Waals surface area (Å²) in [5.41, 5.74) is 0.579. The molecule has 1 heterocycles. The Balaban J connectivity index is 2.39. The van der Waals surface area contributed by atoms with Crippen LogP contribution >= 0.6 is 11.3 Å². The van der Waals surface area contributed by atoms with E-state index in [4.69, 9.17) is 5.11 Å². The predicted molar refractivity (Wildman–Crippen MR) is 75.6 cm³/mol. The Morgan fingerprint density at radius 1 is 1.32 bits per heavy atom. The van der Waals surface area contributed by atoms with E-state index < -0.39 is 5.97 Å². The van der Waals surface area contributed by atoms with Gasteiger partial charge in [0.2, 0.25) is 0 Å². The molecule has 100 valence electrons. The van der Waals surface area contributed by atoms with Crippen molar-refractivity contribution in [3.8, 4) is 0 Å². The first-order valence-corrected chi connectivity index (χ1v) is 6.87. The minimum atomic E-state index is -0.999. The van der Waals surface area contributed by atoms with Gasteiger partial charge in [0.05, 0.1) is 5.56 Å². The van der Waals surface area contributed by atoms with E-state index >= 15 is 0 Å². The van der Waals surface area contributed by atoms with Crippen molar-refractivity contribution < 1.29 is 14.7 Å². The fourth-order valence-electron chi connectivity index (χ4n) is 1.93. The summed E-state index contributed by atoms with van der Waals surface area (Å²) in [6.45, 7) is 3.35. The van der Waals surface area contributed by atoms with Gasteiger partial charge in [-0.25, -0.2) is 0 Å². The number of carbonyl (C=O) groups excluding carboxylic acids is 1. The highest BCUT2D eigenvalue weighted by atomic mass is 32.1. The highest BCUT2D eigenvalue weighted by Gasteiger charge is 2.23. The second kappa shape index (κ2) is 5.40. The molecule has 0 spiro atoms. The van der Waals surface area contributed by atoms with E-state index in [-0.39, 0.29) is 18.5 Å². The number of hydrogen-bond acceptors (Lipinski definition) is 3. The highest BCUT2D eigenvalue weighted by molar-refractivity contribution is 7.17. The molecule has 19 heavy (non-hydrogen) atoms. The molecule has 0 fully saturated rings. The van der Waals surface area contributed by atoms with Crippen LogP contribution in [0.2, 0.25) is 0 Å². The van der Waals surface area contributed by atoms with Gasteiger partial charge in [-0.2, -0.15) is 0 Å². The number of amides is 1. The van der Waals surface area contributed by atoms with Gasteiger partial charge >= 0.3 is 5.97 Å². The number of fused-ring (bicyclic) bond motifs is 1. The molecule has 0 radical (unpaired) electrons. The second-order valence-electron chi connectivity index (χ2n) is 4.57. The van der Waals surface area contributed by atoms with Gasteiger partial charge in [-0.3, -0.25) is 9.59 Å². The average Bonchev–Trinajstić information content (AvgIpc) is 2.78. The largest absolute Gasteiger partial charge is 0.480 e. The smallest absolute Gasteiger partial charge is 0.323 e. The van der Waals surface area contributed by atoms with Gasteiger partial charge in [0.25, 0.3) is 5.91 Å². The van der Waals surface area contributed by atoms with Crippen molar-refractivity contribution in [2.75, 3.05) is 6.54 Å². The van der Waals surface area contributed by atoms with E-state index in [0.29, 0.717) is 5.56 Å². The molecule has 4 nitrogen and oxygen atoms in total. The lowest BCUT2D eigenvalue weighted by atomic mass is 10.1. The zero-order valence-corrected chi connectivity index (χ0v) is 11.6. The fraction of sp³-hybridized carbons (Fsp3) is 0.286. The fourth-order valence-corrected chi connectivity index (χ4v) is 2.87. The summed E-state index contributed by atoms with van der Waals surface area (Å²) < 4.78 is 1.03. The Labute approximate surface area is 115 Å². The number of thiophene rings is 1. The van der Waals surface area contributed by atoms with Gasteiger partial charge in [0.1, 0.15) is 6.54 Å². The number of rotatable bonds is 4. The van der Waals surface area contributed by atoms with Crippen molar-refractivity contribution in [2.45, 2.75) is 19.9 Å². The van der Waals surface area contributed by atoms with Crippen LogP contribution in [0.5, 0.6) is 0 Å². The normalized spacial score (nSPS) is 10.9. The molecule has 0 bridgehead atoms. The molecule has 2 aromatic rings. The number of nitrogens with zero attached hydrogens (tertiary/aromatic N) is 1. The van der Waals surface area contributed by atoms with E-state index in [2.05, 4.69) is 0 Å². The third-order valence-corrected chi connectivity index (χ3v) is 3.86. The number of carboxylic acids is 1. The summed E-state index contributed by atoms with van der Waals surface area (Å²) in [6.07, 6.45) is 0. The minimum Gasteiger partial charge on any atom is -0.480 e. The predicted octanol–water partition coefficient (Wildman–Crippen LogP) is 2.84. The average molecular weight is 277 g/mol.